The zero-order chi connectivity index (χ0) is 15.5. The first-order valence-electron chi connectivity index (χ1n) is 5.84. The second kappa shape index (κ2) is 6.35. The van der Waals surface area contributed by atoms with Crippen LogP contribution in [0.2, 0.25) is 0 Å². The average Bonchev–Trinajstić information content (AvgIpc) is 2.92. The van der Waals surface area contributed by atoms with E-state index in [0.29, 0.717) is 11.4 Å². The number of ether oxygens (including phenoxy) is 1. The van der Waals surface area contributed by atoms with E-state index in [2.05, 4.69) is 10.2 Å². The molecule has 5 nitrogen and oxygen atoms in total. The van der Waals surface area contributed by atoms with Crippen LogP contribution in [0.4, 0.5) is 13.2 Å². The van der Waals surface area contributed by atoms with Gasteiger partial charge in [-0.05, 0) is 12.1 Å². The van der Waals surface area contributed by atoms with Crippen molar-refractivity contribution in [2.45, 2.75) is 17.4 Å². The minimum atomic E-state index is -4.65. The Bertz CT molecular complexity index is 603. The van der Waals surface area contributed by atoms with Crippen molar-refractivity contribution in [2.75, 3.05) is 12.9 Å². The molecule has 1 aromatic carbocycles. The maximum atomic E-state index is 12.3. The Balaban J connectivity index is 2.15. The second-order valence-corrected chi connectivity index (χ2v) is 5.04. The Morgan fingerprint density at radius 3 is 2.86 bits per heavy atom. The van der Waals surface area contributed by atoms with E-state index < -0.39 is 18.0 Å². The van der Waals surface area contributed by atoms with Crippen LogP contribution in [0.15, 0.2) is 35.7 Å². The van der Waals surface area contributed by atoms with Gasteiger partial charge in [0.05, 0.1) is 12.8 Å². The third-order valence-electron chi connectivity index (χ3n) is 2.60. The first kappa shape index (κ1) is 15.6. The summed E-state index contributed by atoms with van der Waals surface area (Å²) in [6, 6.07) is 6.94. The number of hydrogen-bond donors (Lipinski definition) is 1. The first-order valence-corrected chi connectivity index (χ1v) is 6.82. The molecular weight excluding hydrogens is 307 g/mol. The fourth-order valence-corrected chi connectivity index (χ4v) is 2.40. The van der Waals surface area contributed by atoms with Crippen molar-refractivity contribution in [1.82, 2.24) is 14.8 Å². The summed E-state index contributed by atoms with van der Waals surface area (Å²) in [7, 11) is 1.51. The number of aliphatic hydroxyl groups is 1. The highest BCUT2D eigenvalue weighted by molar-refractivity contribution is 7.99. The van der Waals surface area contributed by atoms with Crippen LogP contribution in [0, 0.1) is 0 Å². The molecule has 0 aliphatic heterocycles. The van der Waals surface area contributed by atoms with Gasteiger partial charge in [-0.1, -0.05) is 17.8 Å². The minimum Gasteiger partial charge on any atom is -0.497 e. The molecule has 0 radical (unpaired) electrons. The van der Waals surface area contributed by atoms with Gasteiger partial charge >= 0.3 is 6.18 Å². The van der Waals surface area contributed by atoms with Crippen LogP contribution in [0.1, 0.15) is 0 Å². The Kier molecular flexibility index (Phi) is 4.73. The van der Waals surface area contributed by atoms with E-state index in [-0.39, 0.29) is 5.16 Å². The number of aliphatic hydroxyl groups excluding tert-OH is 1. The van der Waals surface area contributed by atoms with Crippen LogP contribution < -0.4 is 4.74 Å². The van der Waals surface area contributed by atoms with Gasteiger partial charge in [0, 0.05) is 11.8 Å². The number of thioether (sulfide) groups is 1. The summed E-state index contributed by atoms with van der Waals surface area (Å²) in [5.74, 6) is 0.0547. The van der Waals surface area contributed by atoms with Crippen molar-refractivity contribution in [3.8, 4) is 11.4 Å². The molecule has 0 spiro atoms. The molecule has 9 heteroatoms. The summed E-state index contributed by atoms with van der Waals surface area (Å²) in [6.45, 7) is 0. The SMILES string of the molecule is COc1cccc(-n2cnnc2SC[C@@H](O)C(F)(F)F)c1. The number of halogens is 3. The molecule has 1 N–H and O–H groups in total. The molecule has 0 unspecified atom stereocenters. The molecule has 0 bridgehead atoms. The number of rotatable bonds is 5. The summed E-state index contributed by atoms with van der Waals surface area (Å²) in [5, 5.41) is 16.7. The Labute approximate surface area is 122 Å². The lowest BCUT2D eigenvalue weighted by molar-refractivity contribution is -0.195. The highest BCUT2D eigenvalue weighted by atomic mass is 32.2. The van der Waals surface area contributed by atoms with E-state index in [4.69, 9.17) is 9.84 Å². The molecule has 1 atom stereocenters. The Morgan fingerprint density at radius 1 is 1.43 bits per heavy atom. The lowest BCUT2D eigenvalue weighted by Crippen LogP contribution is -2.30. The summed E-state index contributed by atoms with van der Waals surface area (Å²) in [4.78, 5) is 0. The van der Waals surface area contributed by atoms with Gasteiger partial charge in [0.15, 0.2) is 11.3 Å². The summed E-state index contributed by atoms with van der Waals surface area (Å²) in [6.07, 6.45) is -5.66. The van der Waals surface area contributed by atoms with Crippen molar-refractivity contribution in [1.29, 1.82) is 0 Å². The molecule has 0 aliphatic carbocycles. The van der Waals surface area contributed by atoms with Gasteiger partial charge in [-0.3, -0.25) is 4.57 Å². The minimum absolute atomic E-state index is 0.256. The van der Waals surface area contributed by atoms with Crippen molar-refractivity contribution in [3.05, 3.63) is 30.6 Å². The maximum Gasteiger partial charge on any atom is 0.415 e. The van der Waals surface area contributed by atoms with Gasteiger partial charge in [0.25, 0.3) is 0 Å². The van der Waals surface area contributed by atoms with Gasteiger partial charge < -0.3 is 9.84 Å². The number of alkyl halides is 3. The van der Waals surface area contributed by atoms with Crippen LogP contribution in [0.5, 0.6) is 5.75 Å². The van der Waals surface area contributed by atoms with Crippen LogP contribution in [0.3, 0.4) is 0 Å². The largest absolute Gasteiger partial charge is 0.497 e. The Morgan fingerprint density at radius 2 is 2.19 bits per heavy atom. The number of benzene rings is 1. The fraction of sp³-hybridized carbons (Fsp3) is 0.333. The molecule has 0 saturated carbocycles. The summed E-state index contributed by atoms with van der Waals surface area (Å²) >= 11 is 0.776. The molecule has 1 heterocycles. The molecule has 0 amide bonds. The molecule has 21 heavy (non-hydrogen) atoms. The first-order chi connectivity index (χ1) is 9.91. The monoisotopic (exact) mass is 319 g/mol. The van der Waals surface area contributed by atoms with E-state index >= 15 is 0 Å². The van der Waals surface area contributed by atoms with Crippen LogP contribution in [-0.2, 0) is 0 Å². The van der Waals surface area contributed by atoms with Crippen molar-refractivity contribution < 1.29 is 23.0 Å². The number of aromatic nitrogens is 3. The van der Waals surface area contributed by atoms with Crippen LogP contribution in [0.25, 0.3) is 5.69 Å². The predicted molar refractivity (Wildman–Crippen MR) is 70.7 cm³/mol. The smallest absolute Gasteiger partial charge is 0.415 e. The van der Waals surface area contributed by atoms with Crippen LogP contribution in [-0.4, -0.2) is 45.0 Å². The summed E-state index contributed by atoms with van der Waals surface area (Å²) in [5.41, 5.74) is 0.656. The van der Waals surface area contributed by atoms with Gasteiger partial charge in [0.2, 0.25) is 0 Å². The van der Waals surface area contributed by atoms with Crippen molar-refractivity contribution in [2.24, 2.45) is 0 Å². The zero-order valence-corrected chi connectivity index (χ0v) is 11.7. The average molecular weight is 319 g/mol. The molecular formula is C12H12F3N3O2S. The van der Waals surface area contributed by atoms with Gasteiger partial charge in [0.1, 0.15) is 12.1 Å². The molecule has 114 valence electrons. The number of methoxy groups -OCH3 is 1. The standard InChI is InChI=1S/C12H12F3N3O2S/c1-20-9-4-2-3-8(5-9)18-7-16-17-11(18)21-6-10(19)12(13,14)15/h2-5,7,10,19H,6H2,1H3/t10-/m1/s1. The van der Waals surface area contributed by atoms with E-state index in [1.165, 1.54) is 18.0 Å². The quantitative estimate of drug-likeness (QED) is 0.857. The van der Waals surface area contributed by atoms with E-state index in [0.717, 1.165) is 11.8 Å². The maximum absolute atomic E-state index is 12.3. The topological polar surface area (TPSA) is 60.2 Å². The highest BCUT2D eigenvalue weighted by Crippen LogP contribution is 2.27. The van der Waals surface area contributed by atoms with Crippen molar-refractivity contribution >= 4 is 11.8 Å². The molecule has 0 fully saturated rings. The molecule has 0 saturated heterocycles. The molecule has 2 aromatic rings. The second-order valence-electron chi connectivity index (χ2n) is 4.05. The lowest BCUT2D eigenvalue weighted by atomic mass is 10.3. The predicted octanol–water partition coefficient (Wildman–Crippen LogP) is 2.29. The van der Waals surface area contributed by atoms with Gasteiger partial charge in [-0.15, -0.1) is 10.2 Å². The lowest BCUT2D eigenvalue weighted by Gasteiger charge is -2.14. The molecule has 0 aliphatic rings. The van der Waals surface area contributed by atoms with Gasteiger partial charge in [-0.2, -0.15) is 13.2 Å². The zero-order valence-electron chi connectivity index (χ0n) is 10.9. The van der Waals surface area contributed by atoms with Gasteiger partial charge in [-0.25, -0.2) is 0 Å². The third kappa shape index (κ3) is 3.88. The number of hydrogen-bond acceptors (Lipinski definition) is 5. The summed E-state index contributed by atoms with van der Waals surface area (Å²) < 4.78 is 43.4. The van der Waals surface area contributed by atoms with E-state index in [1.54, 1.807) is 24.3 Å². The number of nitrogens with zero attached hydrogens (tertiary/aromatic N) is 3. The van der Waals surface area contributed by atoms with Crippen molar-refractivity contribution in [3.63, 3.8) is 0 Å². The highest BCUT2D eigenvalue weighted by Gasteiger charge is 2.38. The van der Waals surface area contributed by atoms with E-state index in [9.17, 15) is 13.2 Å². The fourth-order valence-electron chi connectivity index (χ4n) is 1.51. The molecule has 2 rings (SSSR count). The third-order valence-corrected chi connectivity index (χ3v) is 3.62. The van der Waals surface area contributed by atoms with E-state index in [1.807, 2.05) is 0 Å². The van der Waals surface area contributed by atoms with Crippen LogP contribution >= 0.6 is 11.8 Å². The Hall–Kier alpha value is -1.74. The normalized spacial score (nSPS) is 13.2. The molecule has 1 aromatic heterocycles.